The van der Waals surface area contributed by atoms with Crippen LogP contribution in [0.3, 0.4) is 0 Å². The molecule has 2 aliphatic rings. The third kappa shape index (κ3) is 2.23. The molecule has 0 radical (unpaired) electrons. The smallest absolute Gasteiger partial charge is 0.202 e. The number of aromatic hydroxyl groups is 2. The van der Waals surface area contributed by atoms with Crippen LogP contribution in [0.15, 0.2) is 12.1 Å². The number of fused-ring (bicyclic) bond motifs is 3. The van der Waals surface area contributed by atoms with Crippen LogP contribution in [0.1, 0.15) is 55.5 Å². The first-order valence-electron chi connectivity index (χ1n) is 8.87. The topological polar surface area (TPSA) is 124 Å². The zero-order valence-electron chi connectivity index (χ0n) is 15.7. The van der Waals surface area contributed by atoms with E-state index in [2.05, 4.69) is 0 Å². The standard InChI is InChI=1S/C21H20O7/c1-8-4-5-9-13(20(8)28-3)19(26)15-14(16(9)23)18(25)11-7-21(2,27)12(22)6-10(11)17(15)24/h4-5,12,22,24-25,27H,6-7H2,1-3H3/t12?,21-/m0/s1. The minimum absolute atomic E-state index is 0.0398. The zero-order valence-corrected chi connectivity index (χ0v) is 15.7. The molecule has 2 aliphatic carbocycles. The molecule has 28 heavy (non-hydrogen) atoms. The monoisotopic (exact) mass is 384 g/mol. The summed E-state index contributed by atoms with van der Waals surface area (Å²) in [4.78, 5) is 26.4. The van der Waals surface area contributed by atoms with E-state index in [1.54, 1.807) is 13.0 Å². The number of aliphatic hydroxyl groups is 2. The lowest BCUT2D eigenvalue weighted by molar-refractivity contribution is -0.0668. The van der Waals surface area contributed by atoms with E-state index in [-0.39, 0.29) is 52.0 Å². The predicted octanol–water partition coefficient (Wildman–Crippen LogP) is 1.40. The molecule has 0 saturated heterocycles. The fourth-order valence-corrected chi connectivity index (χ4v) is 4.19. The largest absolute Gasteiger partial charge is 0.507 e. The molecule has 2 aromatic rings. The molecule has 7 nitrogen and oxygen atoms in total. The average Bonchev–Trinajstić information content (AvgIpc) is 2.63. The van der Waals surface area contributed by atoms with Crippen LogP contribution in [0.25, 0.3) is 0 Å². The van der Waals surface area contributed by atoms with Gasteiger partial charge in [0, 0.05) is 29.5 Å². The minimum atomic E-state index is -1.54. The lowest BCUT2D eigenvalue weighted by Crippen LogP contribution is -2.46. The number of aryl methyl sites for hydroxylation is 1. The summed E-state index contributed by atoms with van der Waals surface area (Å²) >= 11 is 0. The molecular weight excluding hydrogens is 364 g/mol. The normalized spacial score (nSPS) is 23.1. The Hall–Kier alpha value is -2.90. The molecule has 0 saturated carbocycles. The molecule has 4 rings (SSSR count). The molecule has 1 unspecified atom stereocenters. The third-order valence-corrected chi connectivity index (χ3v) is 5.79. The number of methoxy groups -OCH3 is 1. The Morgan fingerprint density at radius 2 is 1.64 bits per heavy atom. The van der Waals surface area contributed by atoms with Gasteiger partial charge in [0.15, 0.2) is 5.78 Å². The fraction of sp³-hybridized carbons (Fsp3) is 0.333. The highest BCUT2D eigenvalue weighted by molar-refractivity contribution is 6.31. The number of rotatable bonds is 1. The third-order valence-electron chi connectivity index (χ3n) is 5.79. The number of hydrogen-bond donors (Lipinski definition) is 4. The van der Waals surface area contributed by atoms with Crippen molar-refractivity contribution in [1.29, 1.82) is 0 Å². The fourth-order valence-electron chi connectivity index (χ4n) is 4.19. The second kappa shape index (κ2) is 5.80. The number of aliphatic hydroxyl groups excluding tert-OH is 1. The van der Waals surface area contributed by atoms with E-state index in [0.717, 1.165) is 0 Å². The van der Waals surface area contributed by atoms with Gasteiger partial charge < -0.3 is 25.2 Å². The molecular formula is C21H20O7. The Balaban J connectivity index is 2.05. The summed E-state index contributed by atoms with van der Waals surface area (Å²) in [6, 6.07) is 3.14. The Morgan fingerprint density at radius 1 is 1.04 bits per heavy atom. The highest BCUT2D eigenvalue weighted by Gasteiger charge is 2.44. The molecule has 0 amide bonds. The van der Waals surface area contributed by atoms with Gasteiger partial charge in [-0.05, 0) is 25.5 Å². The number of hydrogen-bond acceptors (Lipinski definition) is 7. The second-order valence-corrected chi connectivity index (χ2v) is 7.65. The van der Waals surface area contributed by atoms with Crippen molar-refractivity contribution in [2.75, 3.05) is 7.11 Å². The van der Waals surface area contributed by atoms with Gasteiger partial charge in [-0.3, -0.25) is 9.59 Å². The van der Waals surface area contributed by atoms with Crippen LogP contribution in [0, 0.1) is 6.92 Å². The van der Waals surface area contributed by atoms with Crippen molar-refractivity contribution >= 4 is 11.6 Å². The summed E-state index contributed by atoms with van der Waals surface area (Å²) in [6.45, 7) is 3.14. The molecule has 2 aromatic carbocycles. The number of ketones is 2. The van der Waals surface area contributed by atoms with E-state index in [9.17, 15) is 30.0 Å². The van der Waals surface area contributed by atoms with Crippen molar-refractivity contribution in [1.82, 2.24) is 0 Å². The Morgan fingerprint density at radius 3 is 2.29 bits per heavy atom. The number of benzene rings is 2. The summed E-state index contributed by atoms with van der Waals surface area (Å²) in [6.07, 6.45) is -1.52. The van der Waals surface area contributed by atoms with Gasteiger partial charge in [-0.15, -0.1) is 0 Å². The quantitative estimate of drug-likeness (QED) is 0.468. The maximum Gasteiger partial charge on any atom is 0.202 e. The van der Waals surface area contributed by atoms with Gasteiger partial charge in [-0.1, -0.05) is 6.07 Å². The van der Waals surface area contributed by atoms with E-state index in [1.165, 1.54) is 20.1 Å². The van der Waals surface area contributed by atoms with Crippen LogP contribution in [-0.2, 0) is 12.8 Å². The summed E-state index contributed by atoms with van der Waals surface area (Å²) in [5, 5.41) is 42.2. The van der Waals surface area contributed by atoms with Crippen LogP contribution in [0.5, 0.6) is 17.2 Å². The van der Waals surface area contributed by atoms with Crippen LogP contribution < -0.4 is 4.74 Å². The van der Waals surface area contributed by atoms with Crippen LogP contribution in [0.2, 0.25) is 0 Å². The highest BCUT2D eigenvalue weighted by atomic mass is 16.5. The van der Waals surface area contributed by atoms with E-state index >= 15 is 0 Å². The molecule has 2 atom stereocenters. The van der Waals surface area contributed by atoms with Gasteiger partial charge in [0.1, 0.15) is 17.2 Å². The molecule has 0 aromatic heterocycles. The number of ether oxygens (including phenoxy) is 1. The van der Waals surface area contributed by atoms with Crippen LogP contribution in [-0.4, -0.2) is 50.8 Å². The van der Waals surface area contributed by atoms with Gasteiger partial charge in [0.25, 0.3) is 0 Å². The number of phenolic OH excluding ortho intramolecular Hbond substituents is 2. The van der Waals surface area contributed by atoms with E-state index in [1.807, 2.05) is 0 Å². The molecule has 4 N–H and O–H groups in total. The van der Waals surface area contributed by atoms with Crippen molar-refractivity contribution in [2.45, 2.75) is 38.4 Å². The Labute approximate surface area is 160 Å². The summed E-state index contributed by atoms with van der Waals surface area (Å²) in [5.41, 5.74) is -1.03. The lowest BCUT2D eigenvalue weighted by atomic mass is 9.73. The molecule has 0 heterocycles. The van der Waals surface area contributed by atoms with Gasteiger partial charge in [-0.2, -0.15) is 0 Å². The second-order valence-electron chi connectivity index (χ2n) is 7.65. The summed E-state index contributed by atoms with van der Waals surface area (Å²) in [7, 11) is 1.39. The first-order valence-corrected chi connectivity index (χ1v) is 8.87. The van der Waals surface area contributed by atoms with Gasteiger partial charge in [0.05, 0.1) is 35.5 Å². The maximum absolute atomic E-state index is 13.2. The molecule has 0 fully saturated rings. The molecule has 7 heteroatoms. The highest BCUT2D eigenvalue weighted by Crippen LogP contribution is 2.48. The number of carbonyl (C=O) groups is 2. The first kappa shape index (κ1) is 18.5. The van der Waals surface area contributed by atoms with E-state index < -0.39 is 34.8 Å². The average molecular weight is 384 g/mol. The van der Waals surface area contributed by atoms with Crippen molar-refractivity contribution in [2.24, 2.45) is 0 Å². The zero-order chi connectivity index (χ0) is 20.5. The molecule has 0 spiro atoms. The molecule has 0 aliphatic heterocycles. The van der Waals surface area contributed by atoms with Gasteiger partial charge in [0.2, 0.25) is 5.78 Å². The van der Waals surface area contributed by atoms with Crippen LogP contribution in [0.4, 0.5) is 0 Å². The van der Waals surface area contributed by atoms with Crippen molar-refractivity contribution < 1.29 is 34.8 Å². The number of phenols is 2. The van der Waals surface area contributed by atoms with Gasteiger partial charge >= 0.3 is 0 Å². The van der Waals surface area contributed by atoms with Gasteiger partial charge in [-0.25, -0.2) is 0 Å². The van der Waals surface area contributed by atoms with Crippen molar-refractivity contribution in [3.8, 4) is 17.2 Å². The van der Waals surface area contributed by atoms with Crippen molar-refractivity contribution in [3.63, 3.8) is 0 Å². The predicted molar refractivity (Wildman–Crippen MR) is 98.4 cm³/mol. The van der Waals surface area contributed by atoms with E-state index in [0.29, 0.717) is 5.56 Å². The number of carbonyl (C=O) groups excluding carboxylic acids is 2. The van der Waals surface area contributed by atoms with Crippen molar-refractivity contribution in [3.05, 3.63) is 51.1 Å². The maximum atomic E-state index is 13.2. The minimum Gasteiger partial charge on any atom is -0.507 e. The first-order chi connectivity index (χ1) is 13.1. The van der Waals surface area contributed by atoms with E-state index in [4.69, 9.17) is 4.74 Å². The SMILES string of the molecule is COc1c(C)ccc2c1C(=O)c1c(O)c3c(c(O)c1C2=O)C[C@](C)(O)C(O)C3. The Kier molecular flexibility index (Phi) is 3.82. The molecule has 0 bridgehead atoms. The summed E-state index contributed by atoms with van der Waals surface area (Å²) in [5.74, 6) is -1.90. The summed E-state index contributed by atoms with van der Waals surface area (Å²) < 4.78 is 5.31. The molecule has 146 valence electrons. The Bertz CT molecular complexity index is 1070. The lowest BCUT2D eigenvalue weighted by Gasteiger charge is -2.36. The van der Waals surface area contributed by atoms with Crippen LogP contribution >= 0.6 is 0 Å².